The van der Waals surface area contributed by atoms with Gasteiger partial charge >= 0.3 is 12.2 Å². The quantitative estimate of drug-likeness (QED) is 0.108. The Hall–Kier alpha value is -5.86. The summed E-state index contributed by atoms with van der Waals surface area (Å²) in [5.41, 5.74) is 4.75. The second-order valence-corrected chi connectivity index (χ2v) is 14.8. The third-order valence-corrected chi connectivity index (χ3v) is 10.6. The minimum Gasteiger partial charge on any atom is -0.465 e. The molecule has 7 rings (SSSR count). The number of benzene rings is 2. The lowest BCUT2D eigenvalue weighted by Gasteiger charge is -2.30. The summed E-state index contributed by atoms with van der Waals surface area (Å²) in [6.07, 6.45) is 4.76. The predicted molar refractivity (Wildman–Crippen MR) is 200 cm³/mol. The average molecular weight is 739 g/mol. The first kappa shape index (κ1) is 36.5. The van der Waals surface area contributed by atoms with E-state index in [1.807, 2.05) is 64.1 Å². The first-order valence-electron chi connectivity index (χ1n) is 18.4. The molecule has 15 heteroatoms. The van der Waals surface area contributed by atoms with Crippen LogP contribution in [0.15, 0.2) is 53.2 Å². The maximum atomic E-state index is 13.6. The second-order valence-electron chi connectivity index (χ2n) is 14.8. The fourth-order valence-corrected chi connectivity index (χ4v) is 7.75. The zero-order valence-corrected chi connectivity index (χ0v) is 31.0. The van der Waals surface area contributed by atoms with Crippen molar-refractivity contribution < 1.29 is 33.4 Å². The molecule has 4 unspecified atom stereocenters. The van der Waals surface area contributed by atoms with Gasteiger partial charge in [-0.05, 0) is 61.8 Å². The summed E-state index contributed by atoms with van der Waals surface area (Å²) in [6.45, 7) is 8.53. The molecule has 2 saturated heterocycles. The number of fused-ring (bicyclic) bond motifs is 3. The second kappa shape index (κ2) is 14.9. The number of H-pyrrole nitrogens is 2. The Balaban J connectivity index is 1.09. The third-order valence-electron chi connectivity index (χ3n) is 10.6. The highest BCUT2D eigenvalue weighted by Crippen LogP contribution is 2.37. The number of ether oxygens (including phenoxy) is 1. The highest BCUT2D eigenvalue weighted by atomic mass is 16.5. The number of aromatic amines is 2. The number of carboxylic acid groups (broad SMARTS) is 1. The number of methoxy groups -OCH3 is 1. The Labute approximate surface area is 311 Å². The van der Waals surface area contributed by atoms with Gasteiger partial charge in [-0.1, -0.05) is 39.8 Å². The topological polar surface area (TPSA) is 199 Å². The molecule has 54 heavy (non-hydrogen) atoms. The van der Waals surface area contributed by atoms with Gasteiger partial charge in [-0.15, -0.1) is 0 Å². The van der Waals surface area contributed by atoms with Crippen LogP contribution in [0, 0.1) is 11.8 Å². The van der Waals surface area contributed by atoms with E-state index in [9.17, 15) is 24.3 Å². The standard InChI is InChI=1S/C39H46N8O7/c1-20(2)32(44-38(50)51)36(48)46-14-6-8-28(46)34-40-18-26(42-34)22-10-12-24-25-13-11-23(17-31(25)54-30(24)16-22)27-19-41-35(43-27)29-9-7-15-47(29)37(49)33(21(3)4)45-39(52)53-5/h10-13,16-21,28-29,32-33,44H,6-9,14-15H2,1-5H3,(H,40,42)(H,41,43)(H,45,52)(H,50,51). The minimum atomic E-state index is -1.22. The summed E-state index contributed by atoms with van der Waals surface area (Å²) in [5.74, 6) is 0.611. The lowest BCUT2D eigenvalue weighted by atomic mass is 10.0. The van der Waals surface area contributed by atoms with E-state index in [1.165, 1.54) is 7.11 Å². The molecule has 2 aliphatic heterocycles. The number of aromatic nitrogens is 4. The number of amides is 4. The van der Waals surface area contributed by atoms with Crippen LogP contribution in [0.4, 0.5) is 9.59 Å². The first-order valence-corrected chi connectivity index (χ1v) is 18.4. The Kier molecular flexibility index (Phi) is 10.1. The number of carbonyl (C=O) groups excluding carboxylic acids is 3. The number of furan rings is 1. The van der Waals surface area contributed by atoms with Crippen LogP contribution in [0.2, 0.25) is 0 Å². The highest BCUT2D eigenvalue weighted by molar-refractivity contribution is 6.06. The van der Waals surface area contributed by atoms with Crippen molar-refractivity contribution in [3.8, 4) is 22.5 Å². The Bertz CT molecular complexity index is 2200. The molecule has 0 saturated carbocycles. The largest absolute Gasteiger partial charge is 0.465 e. The number of likely N-dealkylation sites (tertiary alicyclic amines) is 2. The minimum absolute atomic E-state index is 0.123. The van der Waals surface area contributed by atoms with Gasteiger partial charge in [-0.3, -0.25) is 9.59 Å². The predicted octanol–water partition coefficient (Wildman–Crippen LogP) is 6.37. The van der Waals surface area contributed by atoms with Crippen molar-refractivity contribution in [2.45, 2.75) is 77.5 Å². The smallest absolute Gasteiger partial charge is 0.407 e. The maximum absolute atomic E-state index is 13.6. The number of alkyl carbamates (subject to hydrolysis) is 1. The number of carbonyl (C=O) groups is 4. The van der Waals surface area contributed by atoms with E-state index in [2.05, 4.69) is 30.6 Å². The van der Waals surface area contributed by atoms with E-state index >= 15 is 0 Å². The number of nitrogens with one attached hydrogen (secondary N) is 4. The van der Waals surface area contributed by atoms with Crippen LogP contribution in [-0.4, -0.2) is 91.1 Å². The van der Waals surface area contributed by atoms with Crippen molar-refractivity contribution in [2.75, 3.05) is 20.2 Å². The van der Waals surface area contributed by atoms with Crippen molar-refractivity contribution in [1.29, 1.82) is 0 Å². The van der Waals surface area contributed by atoms with Gasteiger partial charge in [0.25, 0.3) is 0 Å². The molecule has 0 aliphatic carbocycles. The zero-order valence-electron chi connectivity index (χ0n) is 31.0. The summed E-state index contributed by atoms with van der Waals surface area (Å²) in [7, 11) is 1.28. The van der Waals surface area contributed by atoms with Crippen molar-refractivity contribution in [2.24, 2.45) is 11.8 Å². The molecular formula is C39H46N8O7. The van der Waals surface area contributed by atoms with E-state index < -0.39 is 24.3 Å². The van der Waals surface area contributed by atoms with Gasteiger partial charge in [0.1, 0.15) is 34.9 Å². The first-order chi connectivity index (χ1) is 25.9. The molecule has 4 atom stereocenters. The molecular weight excluding hydrogens is 692 g/mol. The molecule has 5 heterocycles. The molecule has 284 valence electrons. The maximum Gasteiger partial charge on any atom is 0.407 e. The molecule has 2 aliphatic rings. The van der Waals surface area contributed by atoms with E-state index in [0.717, 1.165) is 59.0 Å². The third kappa shape index (κ3) is 6.97. The van der Waals surface area contributed by atoms with Crippen LogP contribution in [0.25, 0.3) is 44.5 Å². The lowest BCUT2D eigenvalue weighted by Crippen LogP contribution is -2.51. The van der Waals surface area contributed by atoms with Crippen molar-refractivity contribution in [3.63, 3.8) is 0 Å². The average Bonchev–Trinajstić information content (AvgIpc) is 4.00. The normalized spacial score (nSPS) is 18.5. The molecule has 0 radical (unpaired) electrons. The van der Waals surface area contributed by atoms with Crippen LogP contribution in [-0.2, 0) is 14.3 Å². The summed E-state index contributed by atoms with van der Waals surface area (Å²) >= 11 is 0. The fourth-order valence-electron chi connectivity index (χ4n) is 7.75. The van der Waals surface area contributed by atoms with Crippen LogP contribution in [0.3, 0.4) is 0 Å². The van der Waals surface area contributed by atoms with E-state index in [4.69, 9.17) is 9.15 Å². The summed E-state index contributed by atoms with van der Waals surface area (Å²) in [4.78, 5) is 70.0. The number of nitrogens with zero attached hydrogens (tertiary/aromatic N) is 4. The van der Waals surface area contributed by atoms with Gasteiger partial charge in [0, 0.05) is 35.0 Å². The molecule has 0 bridgehead atoms. The number of rotatable bonds is 10. The molecule has 5 N–H and O–H groups in total. The van der Waals surface area contributed by atoms with E-state index in [0.29, 0.717) is 35.9 Å². The van der Waals surface area contributed by atoms with Crippen LogP contribution < -0.4 is 10.6 Å². The SMILES string of the molecule is COC(=O)NC(C(=O)N1CCCC1c1ncc(-c2ccc3c(c2)oc2cc(-c4cnc(C5CCCN5C(=O)C(NC(=O)O)C(C)C)[nH]4)ccc23)[nH]1)C(C)C. The molecule has 3 aromatic heterocycles. The molecule has 4 amide bonds. The van der Waals surface area contributed by atoms with Crippen LogP contribution in [0.1, 0.15) is 77.1 Å². The van der Waals surface area contributed by atoms with Crippen molar-refractivity contribution in [1.82, 2.24) is 40.4 Å². The van der Waals surface area contributed by atoms with Gasteiger partial charge in [0.2, 0.25) is 11.8 Å². The Morgan fingerprint density at radius 2 is 1.24 bits per heavy atom. The van der Waals surface area contributed by atoms with E-state index in [1.54, 1.807) is 22.2 Å². The number of hydrogen-bond acceptors (Lipinski definition) is 8. The molecule has 2 fully saturated rings. The molecule has 5 aromatic rings. The summed E-state index contributed by atoms with van der Waals surface area (Å²) in [6, 6.07) is 9.94. The van der Waals surface area contributed by atoms with Gasteiger partial charge in [-0.2, -0.15) is 0 Å². The summed E-state index contributed by atoms with van der Waals surface area (Å²) in [5, 5.41) is 16.3. The van der Waals surface area contributed by atoms with Crippen LogP contribution >= 0.6 is 0 Å². The Morgan fingerprint density at radius 1 is 0.778 bits per heavy atom. The number of hydrogen-bond donors (Lipinski definition) is 5. The van der Waals surface area contributed by atoms with Crippen molar-refractivity contribution in [3.05, 3.63) is 60.4 Å². The van der Waals surface area contributed by atoms with Crippen molar-refractivity contribution >= 4 is 45.9 Å². The zero-order chi connectivity index (χ0) is 38.3. The van der Waals surface area contributed by atoms with Gasteiger partial charge in [0.05, 0.1) is 43.0 Å². The molecule has 2 aromatic carbocycles. The Morgan fingerprint density at radius 3 is 1.67 bits per heavy atom. The van der Waals surface area contributed by atoms with E-state index in [-0.39, 0.29) is 35.7 Å². The number of imidazole rings is 2. The highest BCUT2D eigenvalue weighted by Gasteiger charge is 2.39. The van der Waals surface area contributed by atoms with Gasteiger partial charge in [-0.25, -0.2) is 19.6 Å². The molecule has 15 nitrogen and oxygen atoms in total. The van der Waals surface area contributed by atoms with Crippen LogP contribution in [0.5, 0.6) is 0 Å². The lowest BCUT2D eigenvalue weighted by molar-refractivity contribution is -0.136. The molecule has 0 spiro atoms. The summed E-state index contributed by atoms with van der Waals surface area (Å²) < 4.78 is 11.1. The fraction of sp³-hybridized carbons (Fsp3) is 0.436. The van der Waals surface area contributed by atoms with Gasteiger partial charge in [0.15, 0.2) is 0 Å². The van der Waals surface area contributed by atoms with Gasteiger partial charge < -0.3 is 44.7 Å². The monoisotopic (exact) mass is 738 g/mol.